The third-order valence-corrected chi connectivity index (χ3v) is 3.87. The van der Waals surface area contributed by atoms with Gasteiger partial charge >= 0.3 is 0 Å². The van der Waals surface area contributed by atoms with Gasteiger partial charge in [0.2, 0.25) is 5.91 Å². The minimum absolute atomic E-state index is 0.285. The highest BCUT2D eigenvalue weighted by atomic mass is 16.2. The van der Waals surface area contributed by atoms with Crippen LogP contribution in [-0.2, 0) is 4.79 Å². The molecule has 2 aliphatic rings. The molecule has 0 aromatic rings. The van der Waals surface area contributed by atoms with E-state index in [1.165, 1.54) is 25.7 Å². The lowest BCUT2D eigenvalue weighted by molar-refractivity contribution is -0.131. The first-order chi connectivity index (χ1) is 7.09. The predicted molar refractivity (Wildman–Crippen MR) is 60.6 cm³/mol. The summed E-state index contributed by atoms with van der Waals surface area (Å²) in [6.07, 6.45) is 5.09. The van der Waals surface area contributed by atoms with Gasteiger partial charge in [-0.3, -0.25) is 9.69 Å². The highest BCUT2D eigenvalue weighted by Crippen LogP contribution is 2.34. The fourth-order valence-electron chi connectivity index (χ4n) is 2.07. The molecule has 86 valence electrons. The molecule has 2 rings (SSSR count). The van der Waals surface area contributed by atoms with Crippen LogP contribution in [0.5, 0.6) is 0 Å². The van der Waals surface area contributed by atoms with E-state index in [2.05, 4.69) is 18.9 Å². The van der Waals surface area contributed by atoms with Crippen molar-refractivity contribution in [2.45, 2.75) is 44.7 Å². The molecule has 2 aliphatic carbocycles. The zero-order valence-corrected chi connectivity index (χ0v) is 10.1. The number of hydrogen-bond donors (Lipinski definition) is 0. The van der Waals surface area contributed by atoms with Crippen LogP contribution in [0, 0.1) is 5.92 Å². The molecule has 3 heteroatoms. The monoisotopic (exact) mass is 210 g/mol. The summed E-state index contributed by atoms with van der Waals surface area (Å²) in [6, 6.07) is 1.11. The van der Waals surface area contributed by atoms with Crippen LogP contribution in [-0.4, -0.2) is 48.4 Å². The fraction of sp³-hybridized carbons (Fsp3) is 0.917. The Morgan fingerprint density at radius 2 is 1.87 bits per heavy atom. The van der Waals surface area contributed by atoms with Crippen molar-refractivity contribution in [3.63, 3.8) is 0 Å². The summed E-state index contributed by atoms with van der Waals surface area (Å²) in [5, 5.41) is 0. The molecule has 1 amide bonds. The van der Waals surface area contributed by atoms with E-state index in [0.29, 0.717) is 18.6 Å². The SMILES string of the molecule is C[C@H](C1CC1)N(C)CC(=O)N(C)C1CC1. The number of amides is 1. The Labute approximate surface area is 92.4 Å². The first-order valence-electron chi connectivity index (χ1n) is 6.05. The zero-order chi connectivity index (χ0) is 11.0. The highest BCUT2D eigenvalue weighted by molar-refractivity contribution is 5.78. The van der Waals surface area contributed by atoms with Gasteiger partial charge in [-0.25, -0.2) is 0 Å². The molecule has 15 heavy (non-hydrogen) atoms. The maximum atomic E-state index is 11.9. The van der Waals surface area contributed by atoms with Crippen molar-refractivity contribution < 1.29 is 4.79 Å². The van der Waals surface area contributed by atoms with Crippen LogP contribution in [0.2, 0.25) is 0 Å². The molecule has 0 aliphatic heterocycles. The molecule has 0 radical (unpaired) electrons. The Balaban J connectivity index is 1.76. The molecular formula is C12H22N2O. The smallest absolute Gasteiger partial charge is 0.236 e. The summed E-state index contributed by atoms with van der Waals surface area (Å²) in [4.78, 5) is 16.0. The molecule has 0 N–H and O–H groups in total. The van der Waals surface area contributed by atoms with Gasteiger partial charge in [-0.2, -0.15) is 0 Å². The molecule has 0 unspecified atom stereocenters. The van der Waals surface area contributed by atoms with Gasteiger partial charge in [0.15, 0.2) is 0 Å². The molecule has 0 heterocycles. The van der Waals surface area contributed by atoms with Gasteiger partial charge in [0.1, 0.15) is 0 Å². The van der Waals surface area contributed by atoms with Gasteiger partial charge < -0.3 is 4.90 Å². The second-order valence-electron chi connectivity index (χ2n) is 5.23. The summed E-state index contributed by atoms with van der Waals surface area (Å²) >= 11 is 0. The van der Waals surface area contributed by atoms with Gasteiger partial charge in [-0.05, 0) is 45.6 Å². The van der Waals surface area contributed by atoms with E-state index < -0.39 is 0 Å². The van der Waals surface area contributed by atoms with Crippen molar-refractivity contribution in [1.82, 2.24) is 9.80 Å². The maximum absolute atomic E-state index is 11.9. The van der Waals surface area contributed by atoms with Gasteiger partial charge in [0.25, 0.3) is 0 Å². The lowest BCUT2D eigenvalue weighted by atomic mass is 10.2. The largest absolute Gasteiger partial charge is 0.342 e. The van der Waals surface area contributed by atoms with Crippen molar-refractivity contribution >= 4 is 5.91 Å². The number of carbonyl (C=O) groups is 1. The zero-order valence-electron chi connectivity index (χ0n) is 10.1. The summed E-state index contributed by atoms with van der Waals surface area (Å²) in [6.45, 7) is 2.83. The third kappa shape index (κ3) is 2.71. The van der Waals surface area contributed by atoms with Crippen LogP contribution >= 0.6 is 0 Å². The van der Waals surface area contributed by atoms with E-state index in [4.69, 9.17) is 0 Å². The van der Waals surface area contributed by atoms with E-state index in [-0.39, 0.29) is 5.91 Å². The number of hydrogen-bond acceptors (Lipinski definition) is 2. The van der Waals surface area contributed by atoms with Crippen molar-refractivity contribution in [2.75, 3.05) is 20.6 Å². The summed E-state index contributed by atoms with van der Waals surface area (Å²) in [5.74, 6) is 1.13. The van der Waals surface area contributed by atoms with Crippen LogP contribution in [0.15, 0.2) is 0 Å². The normalized spacial score (nSPS) is 22.9. The van der Waals surface area contributed by atoms with Gasteiger partial charge in [-0.15, -0.1) is 0 Å². The lowest BCUT2D eigenvalue weighted by Gasteiger charge is -2.26. The van der Waals surface area contributed by atoms with Crippen LogP contribution < -0.4 is 0 Å². The fourth-order valence-corrected chi connectivity index (χ4v) is 2.07. The molecular weight excluding hydrogens is 188 g/mol. The van der Waals surface area contributed by atoms with Crippen molar-refractivity contribution in [2.24, 2.45) is 5.92 Å². The Hall–Kier alpha value is -0.570. The van der Waals surface area contributed by atoms with Crippen molar-refractivity contribution in [3.05, 3.63) is 0 Å². The molecule has 0 saturated heterocycles. The van der Waals surface area contributed by atoms with Crippen LogP contribution in [0.3, 0.4) is 0 Å². The molecule has 3 nitrogen and oxygen atoms in total. The second-order valence-corrected chi connectivity index (χ2v) is 5.23. The number of rotatable bonds is 5. The van der Waals surface area contributed by atoms with E-state index in [1.54, 1.807) is 0 Å². The Morgan fingerprint density at radius 1 is 1.27 bits per heavy atom. The third-order valence-electron chi connectivity index (χ3n) is 3.87. The molecule has 0 bridgehead atoms. The van der Waals surface area contributed by atoms with E-state index >= 15 is 0 Å². The topological polar surface area (TPSA) is 23.6 Å². The summed E-state index contributed by atoms with van der Waals surface area (Å²) in [5.41, 5.74) is 0. The number of carbonyl (C=O) groups excluding carboxylic acids is 1. The van der Waals surface area contributed by atoms with Crippen LogP contribution in [0.1, 0.15) is 32.6 Å². The van der Waals surface area contributed by atoms with Gasteiger partial charge in [0.05, 0.1) is 6.54 Å². The average molecular weight is 210 g/mol. The summed E-state index contributed by atoms with van der Waals surface area (Å²) in [7, 11) is 4.01. The molecule has 1 atom stereocenters. The average Bonchev–Trinajstić information content (AvgIpc) is 3.05. The van der Waals surface area contributed by atoms with Gasteiger partial charge in [-0.1, -0.05) is 0 Å². The van der Waals surface area contributed by atoms with E-state index in [0.717, 1.165) is 5.92 Å². The first-order valence-corrected chi connectivity index (χ1v) is 6.05. The number of nitrogens with zero attached hydrogens (tertiary/aromatic N) is 2. The molecule has 0 aromatic heterocycles. The van der Waals surface area contributed by atoms with Crippen molar-refractivity contribution in [3.8, 4) is 0 Å². The molecule has 2 fully saturated rings. The quantitative estimate of drug-likeness (QED) is 0.683. The van der Waals surface area contributed by atoms with Crippen LogP contribution in [0.25, 0.3) is 0 Å². The standard InChI is InChI=1S/C12H22N2O/c1-9(10-4-5-10)13(2)8-12(15)14(3)11-6-7-11/h9-11H,4-8H2,1-3H3/t9-/m1/s1. The Kier molecular flexibility index (Phi) is 3.01. The molecule has 0 spiro atoms. The maximum Gasteiger partial charge on any atom is 0.236 e. The first kappa shape index (κ1) is 10.9. The van der Waals surface area contributed by atoms with Crippen LogP contribution in [0.4, 0.5) is 0 Å². The Morgan fingerprint density at radius 3 is 2.33 bits per heavy atom. The second kappa shape index (κ2) is 4.12. The van der Waals surface area contributed by atoms with E-state index in [9.17, 15) is 4.79 Å². The van der Waals surface area contributed by atoms with E-state index in [1.807, 2.05) is 11.9 Å². The highest BCUT2D eigenvalue weighted by Gasteiger charge is 2.33. The van der Waals surface area contributed by atoms with Crippen molar-refractivity contribution in [1.29, 1.82) is 0 Å². The minimum atomic E-state index is 0.285. The van der Waals surface area contributed by atoms with Gasteiger partial charge in [0, 0.05) is 19.1 Å². The Bertz CT molecular complexity index is 246. The minimum Gasteiger partial charge on any atom is -0.342 e. The molecule has 2 saturated carbocycles. The predicted octanol–water partition coefficient (Wildman–Crippen LogP) is 1.34. The molecule has 0 aromatic carbocycles. The summed E-state index contributed by atoms with van der Waals surface area (Å²) < 4.78 is 0. The lowest BCUT2D eigenvalue weighted by Crippen LogP contribution is -2.41. The number of likely N-dealkylation sites (N-methyl/N-ethyl adjacent to an activating group) is 2.